The quantitative estimate of drug-likeness (QED) is 0.732. The van der Waals surface area contributed by atoms with Gasteiger partial charge in [-0.1, -0.05) is 20.8 Å². The number of nitrogens with one attached hydrogen (secondary N) is 3. The molecular formula is C12H20N4O2. The van der Waals surface area contributed by atoms with Crippen molar-refractivity contribution in [2.75, 3.05) is 0 Å². The second-order valence-corrected chi connectivity index (χ2v) is 5.24. The smallest absolute Gasteiger partial charge is 0.242 e. The van der Waals surface area contributed by atoms with Crippen molar-refractivity contribution in [3.8, 4) is 0 Å². The van der Waals surface area contributed by atoms with Crippen molar-refractivity contribution in [1.29, 1.82) is 0 Å². The molecule has 0 aliphatic carbocycles. The fourth-order valence-electron chi connectivity index (χ4n) is 1.20. The van der Waals surface area contributed by atoms with E-state index in [2.05, 4.69) is 20.6 Å². The third-order valence-electron chi connectivity index (χ3n) is 2.43. The van der Waals surface area contributed by atoms with Gasteiger partial charge in [-0.15, -0.1) is 0 Å². The highest BCUT2D eigenvalue weighted by Crippen LogP contribution is 2.12. The maximum Gasteiger partial charge on any atom is 0.242 e. The monoisotopic (exact) mass is 252 g/mol. The van der Waals surface area contributed by atoms with Crippen LogP contribution in [-0.2, 0) is 16.1 Å². The molecule has 18 heavy (non-hydrogen) atoms. The number of amides is 2. The largest absolute Gasteiger partial charge is 0.349 e. The second kappa shape index (κ2) is 5.66. The predicted molar refractivity (Wildman–Crippen MR) is 67.5 cm³/mol. The van der Waals surface area contributed by atoms with Crippen molar-refractivity contribution in [2.24, 2.45) is 5.41 Å². The minimum absolute atomic E-state index is 0.147. The van der Waals surface area contributed by atoms with Crippen LogP contribution in [0.3, 0.4) is 0 Å². The van der Waals surface area contributed by atoms with Crippen molar-refractivity contribution < 1.29 is 9.59 Å². The minimum atomic E-state index is -0.556. The van der Waals surface area contributed by atoms with Gasteiger partial charge in [-0.25, -0.2) is 4.98 Å². The summed E-state index contributed by atoms with van der Waals surface area (Å²) in [6.07, 6.45) is 3.19. The van der Waals surface area contributed by atoms with Gasteiger partial charge in [0, 0.05) is 11.6 Å². The number of imidazole rings is 1. The van der Waals surface area contributed by atoms with E-state index in [1.54, 1.807) is 40.2 Å². The number of rotatable bonds is 4. The lowest BCUT2D eigenvalue weighted by atomic mass is 9.95. The van der Waals surface area contributed by atoms with Crippen LogP contribution in [0.1, 0.15) is 33.4 Å². The van der Waals surface area contributed by atoms with Crippen molar-refractivity contribution in [3.05, 3.63) is 18.2 Å². The average Bonchev–Trinajstić information content (AvgIpc) is 2.77. The number of aromatic amines is 1. The van der Waals surface area contributed by atoms with Crippen LogP contribution in [0.15, 0.2) is 12.5 Å². The molecule has 1 atom stereocenters. The highest BCUT2D eigenvalue weighted by atomic mass is 16.2. The third kappa shape index (κ3) is 4.20. The lowest BCUT2D eigenvalue weighted by Crippen LogP contribution is -2.48. The van der Waals surface area contributed by atoms with Crippen LogP contribution in [0, 0.1) is 5.41 Å². The number of hydrogen-bond donors (Lipinski definition) is 3. The van der Waals surface area contributed by atoms with E-state index in [4.69, 9.17) is 0 Å². The summed E-state index contributed by atoms with van der Waals surface area (Å²) in [7, 11) is 0. The molecule has 0 spiro atoms. The molecule has 1 aromatic rings. The fourth-order valence-corrected chi connectivity index (χ4v) is 1.20. The summed E-state index contributed by atoms with van der Waals surface area (Å²) >= 11 is 0. The molecule has 1 rings (SSSR count). The summed E-state index contributed by atoms with van der Waals surface area (Å²) < 4.78 is 0. The van der Waals surface area contributed by atoms with Gasteiger partial charge in [-0.2, -0.15) is 0 Å². The van der Waals surface area contributed by atoms with Crippen LogP contribution in [-0.4, -0.2) is 27.8 Å². The summed E-state index contributed by atoms with van der Waals surface area (Å²) in [4.78, 5) is 30.2. The van der Waals surface area contributed by atoms with Crippen LogP contribution in [0.2, 0.25) is 0 Å². The first-order valence-corrected chi connectivity index (χ1v) is 5.86. The van der Waals surface area contributed by atoms with E-state index >= 15 is 0 Å². The normalized spacial score (nSPS) is 12.9. The molecule has 1 aromatic heterocycles. The van der Waals surface area contributed by atoms with Gasteiger partial charge in [-0.05, 0) is 6.92 Å². The predicted octanol–water partition coefficient (Wildman–Crippen LogP) is 0.577. The van der Waals surface area contributed by atoms with Gasteiger partial charge in [0.2, 0.25) is 11.8 Å². The van der Waals surface area contributed by atoms with Crippen LogP contribution < -0.4 is 10.6 Å². The Hall–Kier alpha value is -1.85. The number of carbonyl (C=O) groups excluding carboxylic acids is 2. The Balaban J connectivity index is 2.40. The van der Waals surface area contributed by atoms with Gasteiger partial charge in [0.05, 0.1) is 18.6 Å². The highest BCUT2D eigenvalue weighted by molar-refractivity contribution is 5.89. The molecule has 0 aromatic carbocycles. The van der Waals surface area contributed by atoms with E-state index in [0.717, 1.165) is 5.69 Å². The molecule has 2 amide bonds. The van der Waals surface area contributed by atoms with Gasteiger partial charge >= 0.3 is 0 Å². The molecule has 0 aliphatic heterocycles. The Morgan fingerprint density at radius 3 is 2.61 bits per heavy atom. The maximum absolute atomic E-state index is 11.7. The molecule has 0 radical (unpaired) electrons. The minimum Gasteiger partial charge on any atom is -0.349 e. The number of H-pyrrole nitrogens is 1. The van der Waals surface area contributed by atoms with Gasteiger partial charge in [0.1, 0.15) is 6.04 Å². The summed E-state index contributed by atoms with van der Waals surface area (Å²) in [5.41, 5.74) is 0.315. The summed E-state index contributed by atoms with van der Waals surface area (Å²) in [5.74, 6) is -0.367. The zero-order valence-corrected chi connectivity index (χ0v) is 11.2. The molecule has 3 N–H and O–H groups in total. The Kier molecular flexibility index (Phi) is 4.47. The van der Waals surface area contributed by atoms with Gasteiger partial charge in [-0.3, -0.25) is 9.59 Å². The van der Waals surface area contributed by atoms with E-state index in [1.807, 2.05) is 0 Å². The van der Waals surface area contributed by atoms with Gasteiger partial charge < -0.3 is 15.6 Å². The Morgan fingerprint density at radius 1 is 1.44 bits per heavy atom. The van der Waals surface area contributed by atoms with Crippen LogP contribution >= 0.6 is 0 Å². The van der Waals surface area contributed by atoms with E-state index in [-0.39, 0.29) is 11.8 Å². The molecule has 0 bridgehead atoms. The van der Waals surface area contributed by atoms with Crippen LogP contribution in [0.5, 0.6) is 0 Å². The van der Waals surface area contributed by atoms with Crippen molar-refractivity contribution in [3.63, 3.8) is 0 Å². The molecule has 0 fully saturated rings. The van der Waals surface area contributed by atoms with Crippen molar-refractivity contribution >= 4 is 11.8 Å². The molecule has 6 nitrogen and oxygen atoms in total. The average molecular weight is 252 g/mol. The molecule has 0 saturated carbocycles. The lowest BCUT2D eigenvalue weighted by Gasteiger charge is -2.21. The first-order valence-electron chi connectivity index (χ1n) is 5.86. The maximum atomic E-state index is 11.7. The van der Waals surface area contributed by atoms with Gasteiger partial charge in [0.25, 0.3) is 0 Å². The zero-order valence-electron chi connectivity index (χ0n) is 11.2. The number of carbonyl (C=O) groups is 2. The molecule has 1 unspecified atom stereocenters. The number of hydrogen-bond acceptors (Lipinski definition) is 3. The Labute approximate surface area is 107 Å². The number of nitrogens with zero attached hydrogens (tertiary/aromatic N) is 1. The first-order chi connectivity index (χ1) is 8.30. The van der Waals surface area contributed by atoms with Crippen molar-refractivity contribution in [2.45, 2.75) is 40.3 Å². The molecule has 6 heteroatoms. The topological polar surface area (TPSA) is 86.9 Å². The lowest BCUT2D eigenvalue weighted by molar-refractivity contribution is -0.133. The van der Waals surface area contributed by atoms with E-state index < -0.39 is 11.5 Å². The van der Waals surface area contributed by atoms with Gasteiger partial charge in [0.15, 0.2) is 0 Å². The first kappa shape index (κ1) is 14.2. The standard InChI is InChI=1S/C12H20N4O2/c1-8(16-11(18)12(2,3)4)10(17)14-6-9-5-13-7-15-9/h5,7-8H,6H2,1-4H3,(H,13,15)(H,14,17)(H,16,18). The highest BCUT2D eigenvalue weighted by Gasteiger charge is 2.24. The molecule has 0 saturated heterocycles. The number of aromatic nitrogens is 2. The van der Waals surface area contributed by atoms with E-state index in [1.165, 1.54) is 0 Å². The Morgan fingerprint density at radius 2 is 2.11 bits per heavy atom. The fraction of sp³-hybridized carbons (Fsp3) is 0.583. The SMILES string of the molecule is CC(NC(=O)C(C)(C)C)C(=O)NCc1cnc[nH]1. The second-order valence-electron chi connectivity index (χ2n) is 5.24. The summed E-state index contributed by atoms with van der Waals surface area (Å²) in [6.45, 7) is 7.44. The molecule has 0 aliphatic rings. The molecular weight excluding hydrogens is 232 g/mol. The third-order valence-corrected chi connectivity index (χ3v) is 2.43. The molecule has 100 valence electrons. The summed E-state index contributed by atoms with van der Waals surface area (Å²) in [5, 5.41) is 5.39. The van der Waals surface area contributed by atoms with E-state index in [0.29, 0.717) is 6.54 Å². The van der Waals surface area contributed by atoms with Crippen LogP contribution in [0.4, 0.5) is 0 Å². The zero-order chi connectivity index (χ0) is 13.8. The summed E-state index contributed by atoms with van der Waals surface area (Å²) in [6, 6.07) is -0.556. The van der Waals surface area contributed by atoms with Crippen molar-refractivity contribution in [1.82, 2.24) is 20.6 Å². The molecule has 1 heterocycles. The Bertz CT molecular complexity index is 406. The van der Waals surface area contributed by atoms with Crippen LogP contribution in [0.25, 0.3) is 0 Å². The van der Waals surface area contributed by atoms with E-state index in [9.17, 15) is 9.59 Å².